The van der Waals surface area contributed by atoms with E-state index in [1.54, 1.807) is 55.6 Å². The minimum Gasteiger partial charge on any atom is -0.496 e. The lowest BCUT2D eigenvalue weighted by Gasteiger charge is -2.24. The molecule has 0 aliphatic heterocycles. The van der Waals surface area contributed by atoms with Crippen LogP contribution in [0.4, 0.5) is 5.69 Å². The fourth-order valence-corrected chi connectivity index (χ4v) is 4.52. The molecule has 0 unspecified atom stereocenters. The monoisotopic (exact) mass is 482 g/mol. The van der Waals surface area contributed by atoms with E-state index in [0.29, 0.717) is 29.4 Å². The summed E-state index contributed by atoms with van der Waals surface area (Å²) in [5.41, 5.74) is 2.57. The summed E-state index contributed by atoms with van der Waals surface area (Å²) in [5, 5.41) is 2.98. The van der Waals surface area contributed by atoms with Gasteiger partial charge in [-0.15, -0.1) is 0 Å². The fourth-order valence-electron chi connectivity index (χ4n) is 3.63. The molecule has 3 rings (SSSR count). The van der Waals surface area contributed by atoms with Crippen molar-refractivity contribution < 1.29 is 22.7 Å². The molecular weight excluding hydrogens is 452 g/mol. The van der Waals surface area contributed by atoms with Gasteiger partial charge in [-0.1, -0.05) is 42.5 Å². The van der Waals surface area contributed by atoms with Crippen molar-refractivity contribution in [1.29, 1.82) is 0 Å². The average molecular weight is 483 g/mol. The highest BCUT2D eigenvalue weighted by molar-refractivity contribution is 7.92. The average Bonchev–Trinajstić information content (AvgIpc) is 2.83. The van der Waals surface area contributed by atoms with E-state index in [1.165, 1.54) is 4.31 Å². The van der Waals surface area contributed by atoms with Gasteiger partial charge in [0.25, 0.3) is 5.91 Å². The Morgan fingerprint density at radius 1 is 0.971 bits per heavy atom. The van der Waals surface area contributed by atoms with Crippen LogP contribution in [0.15, 0.2) is 72.8 Å². The number of anilines is 1. The van der Waals surface area contributed by atoms with Crippen LogP contribution < -0.4 is 19.1 Å². The zero-order valence-electron chi connectivity index (χ0n) is 19.8. The van der Waals surface area contributed by atoms with Gasteiger partial charge in [0.15, 0.2) is 0 Å². The molecule has 0 aliphatic rings. The number of nitrogens with zero attached hydrogens (tertiary/aromatic N) is 1. The second-order valence-corrected chi connectivity index (χ2v) is 9.71. The van der Waals surface area contributed by atoms with Gasteiger partial charge in [-0.25, -0.2) is 8.42 Å². The molecule has 180 valence electrons. The summed E-state index contributed by atoms with van der Waals surface area (Å²) >= 11 is 0. The summed E-state index contributed by atoms with van der Waals surface area (Å²) in [4.78, 5) is 12.8. The summed E-state index contributed by atoms with van der Waals surface area (Å²) in [6, 6.07) is 21.2. The third-order valence-electron chi connectivity index (χ3n) is 5.33. The summed E-state index contributed by atoms with van der Waals surface area (Å²) in [6.07, 6.45) is 1.16. The van der Waals surface area contributed by atoms with E-state index in [4.69, 9.17) is 9.47 Å². The Hall–Kier alpha value is -3.52. The fraction of sp³-hybridized carbons (Fsp3) is 0.269. The molecular formula is C26H30N2O5S. The largest absolute Gasteiger partial charge is 0.496 e. The van der Waals surface area contributed by atoms with Crippen LogP contribution in [-0.2, 0) is 16.6 Å². The Morgan fingerprint density at radius 3 is 2.21 bits per heavy atom. The number of ether oxygens (including phenoxy) is 2. The third kappa shape index (κ3) is 6.08. The molecule has 0 aromatic heterocycles. The predicted molar refractivity (Wildman–Crippen MR) is 134 cm³/mol. The maximum absolute atomic E-state index is 12.8. The Balaban J connectivity index is 1.77. The number of benzene rings is 3. The molecule has 0 saturated heterocycles. The highest BCUT2D eigenvalue weighted by atomic mass is 32.2. The molecule has 8 heteroatoms. The van der Waals surface area contributed by atoms with Crippen LogP contribution in [0.25, 0.3) is 0 Å². The molecule has 1 amide bonds. The van der Waals surface area contributed by atoms with Crippen LogP contribution in [0, 0.1) is 0 Å². The first-order valence-electron chi connectivity index (χ1n) is 11.0. The molecule has 0 aliphatic carbocycles. The minimum absolute atomic E-state index is 0.114. The van der Waals surface area contributed by atoms with Gasteiger partial charge in [-0.3, -0.25) is 9.10 Å². The number of carbonyl (C=O) groups is 1. The lowest BCUT2D eigenvalue weighted by Crippen LogP contribution is -2.30. The highest BCUT2D eigenvalue weighted by Gasteiger charge is 2.22. The second kappa shape index (κ2) is 11.1. The SMILES string of the molecule is CCOc1ccccc1N(Cc1ccc(C(=O)N[C@@H](C)c2ccccc2OC)cc1)S(C)(=O)=O. The molecule has 7 nitrogen and oxygen atoms in total. The van der Waals surface area contributed by atoms with Crippen molar-refractivity contribution in [2.45, 2.75) is 26.4 Å². The second-order valence-electron chi connectivity index (χ2n) is 7.80. The first-order chi connectivity index (χ1) is 16.2. The molecule has 0 fully saturated rings. The minimum atomic E-state index is -3.57. The zero-order valence-corrected chi connectivity index (χ0v) is 20.6. The van der Waals surface area contributed by atoms with E-state index in [2.05, 4.69) is 5.32 Å². The van der Waals surface area contributed by atoms with Crippen molar-refractivity contribution in [2.24, 2.45) is 0 Å². The normalized spacial score (nSPS) is 12.0. The van der Waals surface area contributed by atoms with Gasteiger partial charge in [0, 0.05) is 11.1 Å². The molecule has 0 heterocycles. The van der Waals surface area contributed by atoms with E-state index in [1.807, 2.05) is 38.1 Å². The van der Waals surface area contributed by atoms with Crippen LogP contribution in [0.2, 0.25) is 0 Å². The molecule has 3 aromatic carbocycles. The van der Waals surface area contributed by atoms with Gasteiger partial charge in [-0.2, -0.15) is 0 Å². The van der Waals surface area contributed by atoms with Gasteiger partial charge < -0.3 is 14.8 Å². The number of carbonyl (C=O) groups excluding carboxylic acids is 1. The first-order valence-corrected chi connectivity index (χ1v) is 12.8. The standard InChI is InChI=1S/C26H30N2O5S/c1-5-33-25-13-9-7-11-23(25)28(34(4,30)31)18-20-14-16-21(17-15-20)26(29)27-19(2)22-10-6-8-12-24(22)32-3/h6-17,19H,5,18H2,1-4H3,(H,27,29)/t19-/m0/s1. The number of nitrogens with one attached hydrogen (secondary N) is 1. The summed E-state index contributed by atoms with van der Waals surface area (Å²) in [7, 11) is -1.98. The molecule has 0 saturated carbocycles. The lowest BCUT2D eigenvalue weighted by molar-refractivity contribution is 0.0939. The molecule has 3 aromatic rings. The number of amides is 1. The van der Waals surface area contributed by atoms with Crippen LogP contribution in [0.1, 0.15) is 41.4 Å². The van der Waals surface area contributed by atoms with E-state index in [0.717, 1.165) is 17.4 Å². The van der Waals surface area contributed by atoms with Crippen LogP contribution in [0.5, 0.6) is 11.5 Å². The van der Waals surface area contributed by atoms with Crippen molar-refractivity contribution in [3.8, 4) is 11.5 Å². The highest BCUT2D eigenvalue weighted by Crippen LogP contribution is 2.31. The van der Waals surface area contributed by atoms with E-state index >= 15 is 0 Å². The number of sulfonamides is 1. The quantitative estimate of drug-likeness (QED) is 0.458. The molecule has 1 atom stereocenters. The number of hydrogen-bond acceptors (Lipinski definition) is 5. The molecule has 1 N–H and O–H groups in total. The van der Waals surface area contributed by atoms with E-state index in [-0.39, 0.29) is 18.5 Å². The van der Waals surface area contributed by atoms with E-state index < -0.39 is 10.0 Å². The molecule has 0 radical (unpaired) electrons. The molecule has 0 bridgehead atoms. The van der Waals surface area contributed by atoms with Gasteiger partial charge in [0.1, 0.15) is 11.5 Å². The Kier molecular flexibility index (Phi) is 8.17. The lowest BCUT2D eigenvalue weighted by atomic mass is 10.1. The number of methoxy groups -OCH3 is 1. The van der Waals surface area contributed by atoms with Gasteiger partial charge in [0.2, 0.25) is 10.0 Å². The van der Waals surface area contributed by atoms with Crippen molar-refractivity contribution in [1.82, 2.24) is 5.32 Å². The topological polar surface area (TPSA) is 84.9 Å². The van der Waals surface area contributed by atoms with Crippen molar-refractivity contribution >= 4 is 21.6 Å². The van der Waals surface area contributed by atoms with Gasteiger partial charge >= 0.3 is 0 Å². The van der Waals surface area contributed by atoms with Crippen molar-refractivity contribution in [3.05, 3.63) is 89.5 Å². The summed E-state index contributed by atoms with van der Waals surface area (Å²) in [6.45, 7) is 4.28. The first kappa shape index (κ1) is 25.1. The van der Waals surface area contributed by atoms with Crippen molar-refractivity contribution in [2.75, 3.05) is 24.3 Å². The zero-order chi connectivity index (χ0) is 24.7. The Bertz CT molecular complexity index is 1230. The maximum atomic E-state index is 12.8. The number of para-hydroxylation sites is 3. The maximum Gasteiger partial charge on any atom is 0.251 e. The summed E-state index contributed by atoms with van der Waals surface area (Å²) in [5.74, 6) is 0.974. The van der Waals surface area contributed by atoms with Gasteiger partial charge in [-0.05, 0) is 49.7 Å². The van der Waals surface area contributed by atoms with Crippen LogP contribution in [0.3, 0.4) is 0 Å². The summed E-state index contributed by atoms with van der Waals surface area (Å²) < 4.78 is 37.5. The molecule has 34 heavy (non-hydrogen) atoms. The Morgan fingerprint density at radius 2 is 1.59 bits per heavy atom. The number of hydrogen-bond donors (Lipinski definition) is 1. The smallest absolute Gasteiger partial charge is 0.251 e. The third-order valence-corrected chi connectivity index (χ3v) is 6.46. The van der Waals surface area contributed by atoms with Crippen LogP contribution in [-0.4, -0.2) is 34.3 Å². The van der Waals surface area contributed by atoms with E-state index in [9.17, 15) is 13.2 Å². The van der Waals surface area contributed by atoms with Crippen molar-refractivity contribution in [3.63, 3.8) is 0 Å². The number of rotatable bonds is 10. The van der Waals surface area contributed by atoms with Gasteiger partial charge in [0.05, 0.1) is 38.2 Å². The molecule has 0 spiro atoms. The Labute approximate surface area is 201 Å². The van der Waals surface area contributed by atoms with Crippen LogP contribution >= 0.6 is 0 Å². The predicted octanol–water partition coefficient (Wildman–Crippen LogP) is 4.55.